The van der Waals surface area contributed by atoms with Gasteiger partial charge in [-0.05, 0) is 50.8 Å². The Bertz CT molecular complexity index is 1320. The molecule has 0 saturated carbocycles. The molecule has 0 aliphatic carbocycles. The van der Waals surface area contributed by atoms with Crippen molar-refractivity contribution in [1.82, 2.24) is 9.55 Å². The number of benzene rings is 1. The van der Waals surface area contributed by atoms with Gasteiger partial charge in [-0.15, -0.1) is 0 Å². The topological polar surface area (TPSA) is 93.9 Å². The van der Waals surface area contributed by atoms with Crippen molar-refractivity contribution in [2.24, 2.45) is 0 Å². The summed E-state index contributed by atoms with van der Waals surface area (Å²) in [7, 11) is 0. The molecule has 2 saturated heterocycles. The number of carbonyl (C=O) groups is 1. The summed E-state index contributed by atoms with van der Waals surface area (Å²) in [5.74, 6) is -1.30. The van der Waals surface area contributed by atoms with Crippen molar-refractivity contribution in [3.05, 3.63) is 63.8 Å². The van der Waals surface area contributed by atoms with Crippen molar-refractivity contribution < 1.29 is 23.8 Å². The second kappa shape index (κ2) is 9.65. The highest BCUT2D eigenvalue weighted by atomic mass is 19.1. The van der Waals surface area contributed by atoms with Gasteiger partial charge in [-0.1, -0.05) is 6.07 Å². The highest BCUT2D eigenvalue weighted by Gasteiger charge is 2.30. The molecule has 3 aromatic rings. The molecule has 0 bridgehead atoms. The molecular weight excluding hydrogens is 453 g/mol. The van der Waals surface area contributed by atoms with Crippen molar-refractivity contribution in [1.29, 1.82) is 0 Å². The quantitative estimate of drug-likeness (QED) is 0.570. The first-order chi connectivity index (χ1) is 16.9. The van der Waals surface area contributed by atoms with Gasteiger partial charge < -0.3 is 24.0 Å². The molecule has 184 valence electrons. The predicted octanol–water partition coefficient (Wildman–Crippen LogP) is 3.94. The molecule has 8 nitrogen and oxygen atoms in total. The molecule has 9 heteroatoms. The number of nitrogens with zero attached hydrogens (tertiary/aromatic N) is 3. The van der Waals surface area contributed by atoms with Gasteiger partial charge in [-0.2, -0.15) is 0 Å². The third-order valence-electron chi connectivity index (χ3n) is 6.98. The maximum atomic E-state index is 15.4. The van der Waals surface area contributed by atoms with Crippen LogP contribution in [0.15, 0.2) is 41.5 Å². The summed E-state index contributed by atoms with van der Waals surface area (Å²) < 4.78 is 28.7. The zero-order valence-corrected chi connectivity index (χ0v) is 19.6. The van der Waals surface area contributed by atoms with Crippen LogP contribution in [0.3, 0.4) is 0 Å². The van der Waals surface area contributed by atoms with E-state index in [0.717, 1.165) is 18.4 Å². The first-order valence-corrected chi connectivity index (χ1v) is 11.9. The molecule has 2 fully saturated rings. The number of anilines is 1. The molecule has 2 aliphatic rings. The lowest BCUT2D eigenvalue weighted by Crippen LogP contribution is -2.35. The maximum Gasteiger partial charge on any atom is 0.341 e. The molecular formula is C26H28FN3O5. The van der Waals surface area contributed by atoms with Gasteiger partial charge in [0.05, 0.1) is 17.2 Å². The Hall–Kier alpha value is -3.46. The lowest BCUT2D eigenvalue weighted by atomic mass is 10.0. The average Bonchev–Trinajstić information content (AvgIpc) is 3.32. The summed E-state index contributed by atoms with van der Waals surface area (Å²) in [5.41, 5.74) is 0.839. The van der Waals surface area contributed by atoms with E-state index in [1.165, 1.54) is 12.3 Å². The number of aromatic carboxylic acids is 1. The summed E-state index contributed by atoms with van der Waals surface area (Å²) in [4.78, 5) is 30.9. The highest BCUT2D eigenvalue weighted by Crippen LogP contribution is 2.33. The van der Waals surface area contributed by atoms with Crippen molar-refractivity contribution >= 4 is 22.6 Å². The van der Waals surface area contributed by atoms with Crippen LogP contribution in [0, 0.1) is 12.7 Å². The summed E-state index contributed by atoms with van der Waals surface area (Å²) in [6.45, 7) is 4.05. The van der Waals surface area contributed by atoms with Crippen LogP contribution in [-0.4, -0.2) is 53.0 Å². The standard InChI is InChI=1S/C26H28FN3O5/c1-16-4-2-8-28-25(16)35-15-18-5-3-9-29(18)23-13-22-19(12-21(23)27)24(31)20(26(32)33)14-30(22)17-6-10-34-11-7-17/h2,4,8,12-14,17-18H,3,5-7,9-11,15H2,1H3,(H,32,33)/t18-/m1/s1. The van der Waals surface area contributed by atoms with E-state index in [4.69, 9.17) is 9.47 Å². The number of pyridine rings is 2. The fraction of sp³-hybridized carbons (Fsp3) is 0.423. The fourth-order valence-corrected chi connectivity index (χ4v) is 5.12. The number of hydrogen-bond donors (Lipinski definition) is 1. The normalized spacial score (nSPS) is 18.8. The Morgan fingerprint density at radius 1 is 1.29 bits per heavy atom. The summed E-state index contributed by atoms with van der Waals surface area (Å²) >= 11 is 0. The summed E-state index contributed by atoms with van der Waals surface area (Å²) in [5, 5.41) is 9.67. The van der Waals surface area contributed by atoms with Crippen LogP contribution in [0.2, 0.25) is 0 Å². The Labute approximate surface area is 201 Å². The maximum absolute atomic E-state index is 15.4. The van der Waals surface area contributed by atoms with Crippen molar-refractivity contribution in [2.45, 2.75) is 44.7 Å². The third kappa shape index (κ3) is 4.48. The molecule has 0 unspecified atom stereocenters. The van der Waals surface area contributed by atoms with Gasteiger partial charge in [0.15, 0.2) is 0 Å². The number of aromatic nitrogens is 2. The van der Waals surface area contributed by atoms with E-state index in [2.05, 4.69) is 4.98 Å². The predicted molar refractivity (Wildman–Crippen MR) is 129 cm³/mol. The first-order valence-electron chi connectivity index (χ1n) is 11.9. The minimum absolute atomic E-state index is 0.0342. The SMILES string of the molecule is Cc1cccnc1OC[C@H]1CCCN1c1cc2c(cc1F)c(=O)c(C(=O)O)cn2C1CCOCC1. The lowest BCUT2D eigenvalue weighted by molar-refractivity contribution is 0.0681. The van der Waals surface area contributed by atoms with Crippen LogP contribution in [0.25, 0.3) is 10.9 Å². The van der Waals surface area contributed by atoms with Gasteiger partial charge in [0, 0.05) is 49.1 Å². The van der Waals surface area contributed by atoms with Gasteiger partial charge in [0.25, 0.3) is 0 Å². The van der Waals surface area contributed by atoms with E-state index in [9.17, 15) is 14.7 Å². The van der Waals surface area contributed by atoms with Crippen LogP contribution in [0.4, 0.5) is 10.1 Å². The van der Waals surface area contributed by atoms with Crippen LogP contribution in [0.1, 0.15) is 47.6 Å². The highest BCUT2D eigenvalue weighted by molar-refractivity contribution is 5.93. The van der Waals surface area contributed by atoms with Gasteiger partial charge in [-0.3, -0.25) is 4.79 Å². The van der Waals surface area contributed by atoms with Crippen LogP contribution in [-0.2, 0) is 4.74 Å². The summed E-state index contributed by atoms with van der Waals surface area (Å²) in [6, 6.07) is 6.57. The molecule has 1 atom stereocenters. The molecule has 0 amide bonds. The molecule has 5 rings (SSSR count). The largest absolute Gasteiger partial charge is 0.477 e. The van der Waals surface area contributed by atoms with Gasteiger partial charge in [0.1, 0.15) is 18.0 Å². The number of rotatable bonds is 6. The minimum Gasteiger partial charge on any atom is -0.477 e. The molecule has 1 N–H and O–H groups in total. The Balaban J connectivity index is 1.54. The van der Waals surface area contributed by atoms with Crippen LogP contribution < -0.4 is 15.1 Å². The third-order valence-corrected chi connectivity index (χ3v) is 6.98. The van der Waals surface area contributed by atoms with Gasteiger partial charge >= 0.3 is 5.97 Å². The fourth-order valence-electron chi connectivity index (χ4n) is 5.12. The zero-order valence-electron chi connectivity index (χ0n) is 19.6. The molecule has 2 aromatic heterocycles. The molecule has 0 radical (unpaired) electrons. The molecule has 4 heterocycles. The number of halogens is 1. The van der Waals surface area contributed by atoms with Crippen molar-refractivity contribution in [3.8, 4) is 5.88 Å². The number of carboxylic acid groups (broad SMARTS) is 1. The number of aryl methyl sites for hydroxylation is 1. The Morgan fingerprint density at radius 3 is 2.83 bits per heavy atom. The zero-order chi connectivity index (χ0) is 24.5. The second-order valence-electron chi connectivity index (χ2n) is 9.17. The smallest absolute Gasteiger partial charge is 0.341 e. The van der Waals surface area contributed by atoms with E-state index in [1.54, 1.807) is 12.3 Å². The van der Waals surface area contributed by atoms with Crippen LogP contribution >= 0.6 is 0 Å². The summed E-state index contributed by atoms with van der Waals surface area (Å²) in [6.07, 6.45) is 6.18. The molecule has 35 heavy (non-hydrogen) atoms. The van der Waals surface area contributed by atoms with E-state index >= 15 is 4.39 Å². The number of carboxylic acids is 1. The van der Waals surface area contributed by atoms with E-state index in [-0.39, 0.29) is 23.0 Å². The Kier molecular flexibility index (Phi) is 6.42. The second-order valence-corrected chi connectivity index (χ2v) is 9.17. The van der Waals surface area contributed by atoms with E-state index < -0.39 is 17.2 Å². The van der Waals surface area contributed by atoms with Crippen LogP contribution in [0.5, 0.6) is 5.88 Å². The monoisotopic (exact) mass is 481 g/mol. The average molecular weight is 482 g/mol. The number of fused-ring (bicyclic) bond motifs is 1. The van der Waals surface area contributed by atoms with Crippen molar-refractivity contribution in [3.63, 3.8) is 0 Å². The molecule has 0 spiro atoms. The Morgan fingerprint density at radius 2 is 2.09 bits per heavy atom. The van der Waals surface area contributed by atoms with Gasteiger partial charge in [-0.25, -0.2) is 14.2 Å². The van der Waals surface area contributed by atoms with Gasteiger partial charge in [0.2, 0.25) is 11.3 Å². The first kappa shape index (κ1) is 23.3. The number of hydrogen-bond acceptors (Lipinski definition) is 6. The molecule has 2 aliphatic heterocycles. The molecule has 1 aromatic carbocycles. The van der Waals surface area contributed by atoms with Crippen molar-refractivity contribution in [2.75, 3.05) is 31.3 Å². The van der Waals surface area contributed by atoms with E-state index in [0.29, 0.717) is 56.3 Å². The van der Waals surface area contributed by atoms with E-state index in [1.807, 2.05) is 28.5 Å². The lowest BCUT2D eigenvalue weighted by Gasteiger charge is -2.30. The number of ether oxygens (including phenoxy) is 2. The minimum atomic E-state index is -1.32.